The number of primary amides is 2. The Hall–Kier alpha value is -1.30. The summed E-state index contributed by atoms with van der Waals surface area (Å²) >= 11 is 11.5. The van der Waals surface area contributed by atoms with E-state index in [1.165, 1.54) is 18.2 Å². The summed E-state index contributed by atoms with van der Waals surface area (Å²) in [6.45, 7) is 0. The van der Waals surface area contributed by atoms with Crippen LogP contribution in [0.2, 0.25) is 10.0 Å². The number of nitrogens with two attached hydrogens (primary N) is 2. The number of amides is 2. The molecule has 0 unspecified atom stereocenters. The van der Waals surface area contributed by atoms with Crippen LogP contribution >= 0.6 is 23.2 Å². The van der Waals surface area contributed by atoms with E-state index in [0.29, 0.717) is 0 Å². The molecule has 0 spiro atoms. The molecule has 5 nitrogen and oxygen atoms in total. The number of carbonyl (C=O) groups excluding carboxylic acids is 2. The normalized spacial score (nSPS) is 11.2. The molecular weight excluding hydrogens is 267 g/mol. The van der Waals surface area contributed by atoms with Crippen molar-refractivity contribution in [1.29, 1.82) is 0 Å². The third-order valence-electron chi connectivity index (χ3n) is 2.33. The summed E-state index contributed by atoms with van der Waals surface area (Å²) < 4.78 is 4.89. The first-order valence-corrected chi connectivity index (χ1v) is 5.22. The molecule has 0 aliphatic heterocycles. The minimum Gasteiger partial charge on any atom is -0.366 e. The van der Waals surface area contributed by atoms with E-state index < -0.39 is 17.4 Å². The maximum Gasteiger partial charge on any atom is 0.264 e. The third-order valence-corrected chi connectivity index (χ3v) is 3.07. The van der Waals surface area contributed by atoms with Crippen molar-refractivity contribution in [3.8, 4) is 0 Å². The Kier molecular flexibility index (Phi) is 3.98. The molecule has 4 N–H and O–H groups in total. The zero-order chi connectivity index (χ0) is 13.2. The highest BCUT2D eigenvalue weighted by Gasteiger charge is 2.45. The molecule has 7 heteroatoms. The summed E-state index contributed by atoms with van der Waals surface area (Å²) in [6.07, 6.45) is 0. The monoisotopic (exact) mass is 276 g/mol. The van der Waals surface area contributed by atoms with Crippen molar-refractivity contribution in [2.24, 2.45) is 11.5 Å². The minimum atomic E-state index is -2.05. The first kappa shape index (κ1) is 13.8. The van der Waals surface area contributed by atoms with Crippen LogP contribution in [0, 0.1) is 0 Å². The van der Waals surface area contributed by atoms with Gasteiger partial charge in [0.15, 0.2) is 0 Å². The summed E-state index contributed by atoms with van der Waals surface area (Å²) in [5.41, 5.74) is 8.41. The Morgan fingerprint density at radius 2 is 1.71 bits per heavy atom. The van der Waals surface area contributed by atoms with Crippen LogP contribution in [-0.2, 0) is 19.9 Å². The number of carbonyl (C=O) groups is 2. The fourth-order valence-corrected chi connectivity index (χ4v) is 1.74. The van der Waals surface area contributed by atoms with E-state index in [0.717, 1.165) is 7.11 Å². The molecule has 0 aromatic heterocycles. The van der Waals surface area contributed by atoms with Crippen LogP contribution in [0.5, 0.6) is 0 Å². The van der Waals surface area contributed by atoms with Gasteiger partial charge in [0, 0.05) is 12.7 Å². The lowest BCUT2D eigenvalue weighted by molar-refractivity contribution is -0.154. The highest BCUT2D eigenvalue weighted by Crippen LogP contribution is 2.30. The van der Waals surface area contributed by atoms with Gasteiger partial charge in [-0.15, -0.1) is 0 Å². The van der Waals surface area contributed by atoms with E-state index in [2.05, 4.69) is 0 Å². The maximum absolute atomic E-state index is 11.4. The zero-order valence-corrected chi connectivity index (χ0v) is 10.4. The van der Waals surface area contributed by atoms with Crippen LogP contribution in [0.25, 0.3) is 0 Å². The second-order valence-electron chi connectivity index (χ2n) is 3.24. The average Bonchev–Trinajstić information content (AvgIpc) is 2.24. The predicted octanol–water partition coefficient (Wildman–Crippen LogP) is 0.806. The van der Waals surface area contributed by atoms with Gasteiger partial charge in [-0.3, -0.25) is 9.59 Å². The number of rotatable bonds is 4. The van der Waals surface area contributed by atoms with E-state index >= 15 is 0 Å². The molecule has 1 aromatic carbocycles. The van der Waals surface area contributed by atoms with Crippen molar-refractivity contribution < 1.29 is 14.3 Å². The minimum absolute atomic E-state index is 0.134. The second-order valence-corrected chi connectivity index (χ2v) is 4.06. The summed E-state index contributed by atoms with van der Waals surface area (Å²) in [6, 6.07) is 4.12. The van der Waals surface area contributed by atoms with Crippen LogP contribution in [0.3, 0.4) is 0 Å². The number of hydrogen-bond donors (Lipinski definition) is 2. The van der Waals surface area contributed by atoms with Crippen LogP contribution in [-0.4, -0.2) is 18.9 Å². The van der Waals surface area contributed by atoms with Crippen molar-refractivity contribution in [2.45, 2.75) is 5.60 Å². The third kappa shape index (κ3) is 2.22. The van der Waals surface area contributed by atoms with E-state index in [4.69, 9.17) is 39.4 Å². The number of halogens is 2. The Bertz CT molecular complexity index is 463. The Morgan fingerprint density at radius 3 is 2.06 bits per heavy atom. The molecule has 0 aliphatic carbocycles. The van der Waals surface area contributed by atoms with Gasteiger partial charge in [-0.05, 0) is 12.1 Å². The van der Waals surface area contributed by atoms with Crippen molar-refractivity contribution in [3.63, 3.8) is 0 Å². The first-order valence-electron chi connectivity index (χ1n) is 4.46. The topological polar surface area (TPSA) is 95.4 Å². The van der Waals surface area contributed by atoms with Gasteiger partial charge in [-0.2, -0.15) is 0 Å². The molecule has 0 heterocycles. The van der Waals surface area contributed by atoms with Crippen LogP contribution < -0.4 is 11.5 Å². The lowest BCUT2D eigenvalue weighted by Gasteiger charge is -2.26. The van der Waals surface area contributed by atoms with Gasteiger partial charge in [0.2, 0.25) is 5.60 Å². The number of benzene rings is 1. The second kappa shape index (κ2) is 4.91. The molecule has 17 heavy (non-hydrogen) atoms. The number of hydrogen-bond acceptors (Lipinski definition) is 3. The lowest BCUT2D eigenvalue weighted by Crippen LogP contribution is -2.52. The molecule has 0 aliphatic rings. The lowest BCUT2D eigenvalue weighted by atomic mass is 9.92. The molecule has 0 saturated carbocycles. The van der Waals surface area contributed by atoms with Gasteiger partial charge in [0.05, 0.1) is 10.0 Å². The van der Waals surface area contributed by atoms with Crippen LogP contribution in [0.4, 0.5) is 0 Å². The van der Waals surface area contributed by atoms with Gasteiger partial charge in [0.25, 0.3) is 11.8 Å². The largest absolute Gasteiger partial charge is 0.366 e. The van der Waals surface area contributed by atoms with Crippen molar-refractivity contribution in [2.75, 3.05) is 7.11 Å². The maximum atomic E-state index is 11.4. The van der Waals surface area contributed by atoms with E-state index in [1.54, 1.807) is 0 Å². The van der Waals surface area contributed by atoms with Gasteiger partial charge in [-0.25, -0.2) is 0 Å². The standard InChI is InChI=1S/C10H10Cl2N2O3/c1-17-10(8(13)15,9(14)16)5-2-3-6(11)7(12)4-5/h2-4H,1H3,(H2,13,15)(H2,14,16). The fourth-order valence-electron chi connectivity index (χ4n) is 1.44. The molecule has 0 saturated heterocycles. The SMILES string of the molecule is COC(C(N)=O)(C(N)=O)c1ccc(Cl)c(Cl)c1. The molecular formula is C10H10Cl2N2O3. The Morgan fingerprint density at radius 1 is 1.18 bits per heavy atom. The van der Waals surface area contributed by atoms with E-state index in [-0.39, 0.29) is 15.6 Å². The van der Waals surface area contributed by atoms with Crippen molar-refractivity contribution in [3.05, 3.63) is 33.8 Å². The molecule has 2 amide bonds. The molecule has 1 aromatic rings. The zero-order valence-electron chi connectivity index (χ0n) is 8.87. The molecule has 92 valence electrons. The van der Waals surface area contributed by atoms with Crippen molar-refractivity contribution in [1.82, 2.24) is 0 Å². The van der Waals surface area contributed by atoms with Crippen LogP contribution in [0.15, 0.2) is 18.2 Å². The van der Waals surface area contributed by atoms with E-state index in [1.807, 2.05) is 0 Å². The predicted molar refractivity (Wildman–Crippen MR) is 63.5 cm³/mol. The highest BCUT2D eigenvalue weighted by molar-refractivity contribution is 6.42. The van der Waals surface area contributed by atoms with Crippen molar-refractivity contribution >= 4 is 35.0 Å². The molecule has 0 fully saturated rings. The Balaban J connectivity index is 3.46. The highest BCUT2D eigenvalue weighted by atomic mass is 35.5. The summed E-state index contributed by atoms with van der Waals surface area (Å²) in [5.74, 6) is -2.04. The number of ether oxygens (including phenoxy) is 1. The summed E-state index contributed by atoms with van der Waals surface area (Å²) in [7, 11) is 1.15. The quantitative estimate of drug-likeness (QED) is 0.797. The molecule has 0 atom stereocenters. The number of methoxy groups -OCH3 is 1. The Labute approximate surface area is 108 Å². The van der Waals surface area contributed by atoms with Gasteiger partial charge >= 0.3 is 0 Å². The molecule has 0 radical (unpaired) electrons. The molecule has 0 bridgehead atoms. The average molecular weight is 277 g/mol. The fraction of sp³-hybridized carbons (Fsp3) is 0.200. The van der Waals surface area contributed by atoms with Gasteiger partial charge < -0.3 is 16.2 Å². The first-order chi connectivity index (χ1) is 7.86. The van der Waals surface area contributed by atoms with Crippen LogP contribution in [0.1, 0.15) is 5.56 Å². The van der Waals surface area contributed by atoms with Gasteiger partial charge in [0.1, 0.15) is 0 Å². The smallest absolute Gasteiger partial charge is 0.264 e. The van der Waals surface area contributed by atoms with Gasteiger partial charge in [-0.1, -0.05) is 29.3 Å². The summed E-state index contributed by atoms with van der Waals surface area (Å²) in [4.78, 5) is 22.8. The van der Waals surface area contributed by atoms with E-state index in [9.17, 15) is 9.59 Å². The summed E-state index contributed by atoms with van der Waals surface area (Å²) in [5, 5.41) is 0.433. The molecule has 1 rings (SSSR count).